The number of nitrogens with zero attached hydrogens (tertiary/aromatic N) is 3. The lowest BCUT2D eigenvalue weighted by Crippen LogP contribution is -2.50. The van der Waals surface area contributed by atoms with E-state index in [2.05, 4.69) is 25.9 Å². The molecule has 9 nitrogen and oxygen atoms in total. The van der Waals surface area contributed by atoms with Crippen molar-refractivity contribution in [2.75, 3.05) is 10.6 Å². The van der Waals surface area contributed by atoms with E-state index in [0.717, 1.165) is 46.8 Å². The lowest BCUT2D eigenvalue weighted by Gasteiger charge is -2.33. The minimum Gasteiger partial charge on any atom is -0.444 e. The average molecular weight is 533 g/mol. The van der Waals surface area contributed by atoms with Crippen LogP contribution in [0, 0.1) is 6.92 Å². The van der Waals surface area contributed by atoms with E-state index in [9.17, 15) is 9.59 Å². The fraction of sp³-hybridized carbons (Fsp3) is 0.393. The number of hydrogen-bond acceptors (Lipinski definition) is 8. The number of rotatable bonds is 5. The molecule has 2 atom stereocenters. The van der Waals surface area contributed by atoms with E-state index in [4.69, 9.17) is 9.72 Å². The molecule has 0 bridgehead atoms. The van der Waals surface area contributed by atoms with Gasteiger partial charge in [0.05, 0.1) is 33.5 Å². The van der Waals surface area contributed by atoms with Crippen molar-refractivity contribution >= 4 is 56.1 Å². The normalized spacial score (nSPS) is 17.8. The molecule has 0 unspecified atom stereocenters. The van der Waals surface area contributed by atoms with Gasteiger partial charge in [-0.3, -0.25) is 9.78 Å². The van der Waals surface area contributed by atoms with Crippen LogP contribution in [-0.4, -0.2) is 44.6 Å². The number of fused-ring (bicyclic) bond motifs is 2. The van der Waals surface area contributed by atoms with Gasteiger partial charge in [-0.1, -0.05) is 18.9 Å². The first kappa shape index (κ1) is 25.8. The molecule has 1 aliphatic carbocycles. The Labute approximate surface area is 225 Å². The topological polar surface area (TPSA) is 118 Å². The number of anilines is 2. The van der Waals surface area contributed by atoms with Gasteiger partial charge in [-0.15, -0.1) is 11.3 Å². The van der Waals surface area contributed by atoms with E-state index in [1.165, 1.54) is 11.3 Å². The van der Waals surface area contributed by atoms with Gasteiger partial charge in [-0.05, 0) is 64.3 Å². The Kier molecular flexibility index (Phi) is 7.16. The summed E-state index contributed by atoms with van der Waals surface area (Å²) in [6, 6.07) is 7.56. The van der Waals surface area contributed by atoms with Gasteiger partial charge >= 0.3 is 6.09 Å². The summed E-state index contributed by atoms with van der Waals surface area (Å²) >= 11 is 1.43. The first-order valence-electron chi connectivity index (χ1n) is 12.8. The fourth-order valence-corrected chi connectivity index (χ4v) is 5.65. The number of carbonyl (C=O) groups is 2. The molecule has 0 saturated heterocycles. The van der Waals surface area contributed by atoms with Crippen LogP contribution < -0.4 is 16.0 Å². The van der Waals surface area contributed by atoms with Crippen LogP contribution in [0.5, 0.6) is 0 Å². The first-order chi connectivity index (χ1) is 18.2. The van der Waals surface area contributed by atoms with Crippen LogP contribution in [-0.2, 0) is 4.74 Å². The zero-order chi connectivity index (χ0) is 26.9. The maximum atomic E-state index is 13.3. The fourth-order valence-electron chi connectivity index (χ4n) is 4.81. The second-order valence-electron chi connectivity index (χ2n) is 10.7. The Morgan fingerprint density at radius 3 is 2.66 bits per heavy atom. The Morgan fingerprint density at radius 2 is 1.87 bits per heavy atom. The average Bonchev–Trinajstić information content (AvgIpc) is 3.28. The largest absolute Gasteiger partial charge is 0.444 e. The molecule has 4 aromatic rings. The van der Waals surface area contributed by atoms with Crippen LogP contribution in [0.3, 0.4) is 0 Å². The number of amides is 2. The first-order valence-corrected chi connectivity index (χ1v) is 13.7. The van der Waals surface area contributed by atoms with Gasteiger partial charge in [0.1, 0.15) is 5.60 Å². The number of carbonyl (C=O) groups excluding carboxylic acids is 2. The molecule has 1 aliphatic rings. The van der Waals surface area contributed by atoms with Gasteiger partial charge in [0.25, 0.3) is 5.91 Å². The summed E-state index contributed by atoms with van der Waals surface area (Å²) in [6.07, 6.45) is 6.85. The summed E-state index contributed by atoms with van der Waals surface area (Å²) in [7, 11) is 0. The summed E-state index contributed by atoms with van der Waals surface area (Å²) in [4.78, 5) is 39.3. The summed E-state index contributed by atoms with van der Waals surface area (Å²) in [5.41, 5.74) is 3.14. The molecule has 1 fully saturated rings. The van der Waals surface area contributed by atoms with E-state index in [1.807, 2.05) is 52.0 Å². The molecule has 1 saturated carbocycles. The summed E-state index contributed by atoms with van der Waals surface area (Å²) in [6.45, 7) is 7.52. The third-order valence-corrected chi connectivity index (χ3v) is 7.40. The number of aromatic nitrogens is 3. The second-order valence-corrected chi connectivity index (χ2v) is 11.6. The summed E-state index contributed by atoms with van der Waals surface area (Å²) in [5, 5.41) is 12.2. The molecular weight excluding hydrogens is 500 g/mol. The second kappa shape index (κ2) is 10.5. The highest BCUT2D eigenvalue weighted by Crippen LogP contribution is 2.28. The molecular formula is C28H32N6O3S. The third kappa shape index (κ3) is 5.85. The highest BCUT2D eigenvalue weighted by atomic mass is 32.1. The zero-order valence-electron chi connectivity index (χ0n) is 22.0. The number of alkyl carbamates (subject to hydrolysis) is 1. The Bertz CT molecular complexity index is 1500. The quantitative estimate of drug-likeness (QED) is 0.286. The molecule has 10 heteroatoms. The molecule has 2 amide bonds. The molecule has 1 aromatic carbocycles. The number of ether oxygens (including phenoxy) is 1. The van der Waals surface area contributed by atoms with Gasteiger partial charge in [-0.2, -0.15) is 0 Å². The molecule has 198 valence electrons. The van der Waals surface area contributed by atoms with E-state index < -0.39 is 11.7 Å². The van der Waals surface area contributed by atoms with Gasteiger partial charge in [0.15, 0.2) is 0 Å². The molecule has 38 heavy (non-hydrogen) atoms. The van der Waals surface area contributed by atoms with Crippen molar-refractivity contribution in [2.45, 2.75) is 71.1 Å². The van der Waals surface area contributed by atoms with E-state index >= 15 is 0 Å². The SMILES string of the molecule is Cc1cc(NC(=O)c2csc3cnc(N[C@@H]4CCCC[C@@H]4NC(=O)OC(C)(C)C)nc23)cc2cccnc12. The number of aryl methyl sites for hydroxylation is 1. The summed E-state index contributed by atoms with van der Waals surface area (Å²) < 4.78 is 6.28. The van der Waals surface area contributed by atoms with Crippen LogP contribution >= 0.6 is 11.3 Å². The minimum absolute atomic E-state index is 0.0428. The van der Waals surface area contributed by atoms with Crippen molar-refractivity contribution in [1.29, 1.82) is 0 Å². The number of pyridine rings is 1. The number of hydrogen-bond donors (Lipinski definition) is 3. The van der Waals surface area contributed by atoms with E-state index in [1.54, 1.807) is 17.8 Å². The smallest absolute Gasteiger partial charge is 0.407 e. The van der Waals surface area contributed by atoms with Gasteiger partial charge < -0.3 is 20.7 Å². The van der Waals surface area contributed by atoms with Crippen LogP contribution in [0.15, 0.2) is 42.0 Å². The molecule has 0 aliphatic heterocycles. The number of nitrogens with one attached hydrogen (secondary N) is 3. The predicted octanol–water partition coefficient (Wildman–Crippen LogP) is 6.05. The van der Waals surface area contributed by atoms with Gasteiger partial charge in [0.2, 0.25) is 5.95 Å². The van der Waals surface area contributed by atoms with Crippen LogP contribution in [0.1, 0.15) is 62.4 Å². The zero-order valence-corrected chi connectivity index (χ0v) is 22.8. The van der Waals surface area contributed by atoms with Crippen molar-refractivity contribution in [3.63, 3.8) is 0 Å². The number of thiophene rings is 1. The van der Waals surface area contributed by atoms with Crippen molar-refractivity contribution in [3.8, 4) is 0 Å². The lowest BCUT2D eigenvalue weighted by atomic mass is 9.90. The Balaban J connectivity index is 1.33. The molecule has 5 rings (SSSR count). The molecule has 0 spiro atoms. The van der Waals surface area contributed by atoms with Gasteiger partial charge in [0, 0.05) is 28.7 Å². The Morgan fingerprint density at radius 1 is 1.08 bits per heavy atom. The molecule has 3 aromatic heterocycles. The maximum Gasteiger partial charge on any atom is 0.407 e. The summed E-state index contributed by atoms with van der Waals surface area (Å²) in [5.74, 6) is 0.200. The molecule has 3 N–H and O–H groups in total. The monoisotopic (exact) mass is 532 g/mol. The van der Waals surface area contributed by atoms with Crippen molar-refractivity contribution in [3.05, 3.63) is 53.2 Å². The number of benzene rings is 1. The van der Waals surface area contributed by atoms with Crippen molar-refractivity contribution < 1.29 is 14.3 Å². The van der Waals surface area contributed by atoms with Crippen molar-refractivity contribution in [1.82, 2.24) is 20.3 Å². The highest BCUT2D eigenvalue weighted by Gasteiger charge is 2.29. The lowest BCUT2D eigenvalue weighted by molar-refractivity contribution is 0.0488. The minimum atomic E-state index is -0.561. The molecule has 3 heterocycles. The standard InChI is InChI=1S/C28H32N6O3S/c1-16-12-18(13-17-8-7-11-29-23(16)17)31-25(35)19-15-38-22-14-30-26(34-24(19)22)32-20-9-5-6-10-21(20)33-27(36)37-28(2,3)4/h7-8,11-15,20-21H,5-6,9-10H2,1-4H3,(H,31,35)(H,33,36)(H,30,32,34)/t20-,21+/m1/s1. The van der Waals surface area contributed by atoms with Crippen LogP contribution in [0.25, 0.3) is 21.1 Å². The Hall–Kier alpha value is -3.79. The predicted molar refractivity (Wildman–Crippen MR) is 151 cm³/mol. The third-order valence-electron chi connectivity index (χ3n) is 6.49. The van der Waals surface area contributed by atoms with Crippen LogP contribution in [0.2, 0.25) is 0 Å². The van der Waals surface area contributed by atoms with E-state index in [0.29, 0.717) is 22.7 Å². The van der Waals surface area contributed by atoms with Gasteiger partial charge in [-0.25, -0.2) is 14.8 Å². The van der Waals surface area contributed by atoms with Crippen molar-refractivity contribution in [2.24, 2.45) is 0 Å². The van der Waals surface area contributed by atoms with E-state index in [-0.39, 0.29) is 18.0 Å². The molecule has 0 radical (unpaired) electrons. The highest BCUT2D eigenvalue weighted by molar-refractivity contribution is 7.17. The van der Waals surface area contributed by atoms with Crippen LogP contribution in [0.4, 0.5) is 16.4 Å². The maximum absolute atomic E-state index is 13.3.